The standard InChI is InChI=1S/C10H19NO2S/c12-6-4-2-1-3-5-11-9-14-8-10(11)7-13/h7,10,12H,1-6,8-9H2. The van der Waals surface area contributed by atoms with Gasteiger partial charge in [-0.25, -0.2) is 0 Å². The Morgan fingerprint density at radius 3 is 2.86 bits per heavy atom. The Kier molecular flexibility index (Phi) is 6.23. The topological polar surface area (TPSA) is 40.5 Å². The maximum Gasteiger partial charge on any atom is 0.137 e. The summed E-state index contributed by atoms with van der Waals surface area (Å²) in [4.78, 5) is 12.9. The third-order valence-corrected chi connectivity index (χ3v) is 3.62. The molecule has 0 aromatic carbocycles. The van der Waals surface area contributed by atoms with Crippen molar-refractivity contribution in [2.24, 2.45) is 0 Å². The molecule has 4 heteroatoms. The minimum absolute atomic E-state index is 0.151. The Labute approximate surface area is 89.9 Å². The van der Waals surface area contributed by atoms with E-state index in [1.165, 1.54) is 0 Å². The summed E-state index contributed by atoms with van der Waals surface area (Å²) in [6.07, 6.45) is 5.38. The summed E-state index contributed by atoms with van der Waals surface area (Å²) >= 11 is 1.84. The zero-order chi connectivity index (χ0) is 10.2. The number of carbonyl (C=O) groups is 1. The van der Waals surface area contributed by atoms with E-state index in [1.54, 1.807) is 0 Å². The first-order chi connectivity index (χ1) is 6.88. The summed E-state index contributed by atoms with van der Waals surface area (Å²) < 4.78 is 0. The highest BCUT2D eigenvalue weighted by molar-refractivity contribution is 7.99. The number of hydrogen-bond acceptors (Lipinski definition) is 4. The lowest BCUT2D eigenvalue weighted by Gasteiger charge is -2.18. The number of nitrogens with zero attached hydrogens (tertiary/aromatic N) is 1. The lowest BCUT2D eigenvalue weighted by molar-refractivity contribution is -0.111. The molecule has 0 aromatic rings. The van der Waals surface area contributed by atoms with Crippen LogP contribution in [0.15, 0.2) is 0 Å². The van der Waals surface area contributed by atoms with Gasteiger partial charge in [-0.2, -0.15) is 0 Å². The molecule has 1 aliphatic rings. The molecule has 82 valence electrons. The Morgan fingerprint density at radius 2 is 2.14 bits per heavy atom. The summed E-state index contributed by atoms with van der Waals surface area (Å²) in [5, 5.41) is 8.60. The second kappa shape index (κ2) is 7.26. The maximum atomic E-state index is 10.7. The van der Waals surface area contributed by atoms with Crippen molar-refractivity contribution in [3.8, 4) is 0 Å². The molecule has 0 amide bonds. The first-order valence-electron chi connectivity index (χ1n) is 5.26. The summed E-state index contributed by atoms with van der Waals surface area (Å²) in [5.74, 6) is 1.96. The van der Waals surface area contributed by atoms with E-state index < -0.39 is 0 Å². The third-order valence-electron chi connectivity index (χ3n) is 2.53. The largest absolute Gasteiger partial charge is 0.396 e. The van der Waals surface area contributed by atoms with Crippen LogP contribution in [0.1, 0.15) is 25.7 Å². The second-order valence-corrected chi connectivity index (χ2v) is 4.65. The summed E-state index contributed by atoms with van der Waals surface area (Å²) in [6.45, 7) is 1.33. The summed E-state index contributed by atoms with van der Waals surface area (Å²) in [7, 11) is 0. The van der Waals surface area contributed by atoms with E-state index in [4.69, 9.17) is 5.11 Å². The Morgan fingerprint density at radius 1 is 1.36 bits per heavy atom. The summed E-state index contributed by atoms with van der Waals surface area (Å²) in [6, 6.07) is 0.151. The monoisotopic (exact) mass is 217 g/mol. The zero-order valence-corrected chi connectivity index (χ0v) is 9.34. The van der Waals surface area contributed by atoms with Crippen molar-refractivity contribution in [2.45, 2.75) is 31.7 Å². The zero-order valence-electron chi connectivity index (χ0n) is 8.52. The average Bonchev–Trinajstić information content (AvgIpc) is 2.65. The molecule has 0 saturated carbocycles. The van der Waals surface area contributed by atoms with Gasteiger partial charge in [-0.05, 0) is 19.4 Å². The highest BCUT2D eigenvalue weighted by atomic mass is 32.2. The van der Waals surface area contributed by atoms with Crippen LogP contribution < -0.4 is 0 Å². The molecule has 0 bridgehead atoms. The molecule has 1 saturated heterocycles. The fourth-order valence-electron chi connectivity index (χ4n) is 1.63. The Bertz CT molecular complexity index is 166. The van der Waals surface area contributed by atoms with Crippen molar-refractivity contribution < 1.29 is 9.90 Å². The fraction of sp³-hybridized carbons (Fsp3) is 0.900. The van der Waals surface area contributed by atoms with Gasteiger partial charge in [0.1, 0.15) is 6.29 Å². The first-order valence-corrected chi connectivity index (χ1v) is 6.42. The van der Waals surface area contributed by atoms with Crippen LogP contribution in [0.4, 0.5) is 0 Å². The average molecular weight is 217 g/mol. The molecule has 3 nitrogen and oxygen atoms in total. The first kappa shape index (κ1) is 12.0. The predicted octanol–water partition coefficient (Wildman–Crippen LogP) is 1.11. The molecular weight excluding hydrogens is 198 g/mol. The molecule has 1 heterocycles. The van der Waals surface area contributed by atoms with Gasteiger partial charge in [0.2, 0.25) is 0 Å². The van der Waals surface area contributed by atoms with Gasteiger partial charge in [0.15, 0.2) is 0 Å². The molecule has 0 aliphatic carbocycles. The predicted molar refractivity (Wildman–Crippen MR) is 59.4 cm³/mol. The molecular formula is C10H19NO2S. The van der Waals surface area contributed by atoms with E-state index in [0.717, 1.165) is 50.1 Å². The van der Waals surface area contributed by atoms with Crippen LogP contribution >= 0.6 is 11.8 Å². The van der Waals surface area contributed by atoms with Crippen LogP contribution in [-0.4, -0.2) is 47.1 Å². The van der Waals surface area contributed by atoms with Crippen LogP contribution in [-0.2, 0) is 4.79 Å². The number of unbranched alkanes of at least 4 members (excludes halogenated alkanes) is 3. The van der Waals surface area contributed by atoms with Crippen molar-refractivity contribution in [1.82, 2.24) is 4.90 Å². The molecule has 1 rings (SSSR count). The van der Waals surface area contributed by atoms with Crippen LogP contribution in [0.3, 0.4) is 0 Å². The number of aliphatic hydroxyl groups excluding tert-OH is 1. The van der Waals surface area contributed by atoms with E-state index in [0.29, 0.717) is 6.61 Å². The molecule has 0 radical (unpaired) electrons. The van der Waals surface area contributed by atoms with Gasteiger partial charge in [0.25, 0.3) is 0 Å². The number of carbonyl (C=O) groups excluding carboxylic acids is 1. The third kappa shape index (κ3) is 3.98. The minimum Gasteiger partial charge on any atom is -0.396 e. The fourth-order valence-corrected chi connectivity index (χ4v) is 2.82. The van der Waals surface area contributed by atoms with Crippen molar-refractivity contribution in [2.75, 3.05) is 24.8 Å². The molecule has 1 N–H and O–H groups in total. The van der Waals surface area contributed by atoms with Crippen LogP contribution in [0.2, 0.25) is 0 Å². The summed E-state index contributed by atoms with van der Waals surface area (Å²) in [5.41, 5.74) is 0. The second-order valence-electron chi connectivity index (χ2n) is 3.65. The van der Waals surface area contributed by atoms with E-state index in [-0.39, 0.29) is 6.04 Å². The van der Waals surface area contributed by atoms with Gasteiger partial charge in [-0.15, -0.1) is 11.8 Å². The minimum atomic E-state index is 0.151. The Balaban J connectivity index is 2.02. The Hall–Kier alpha value is -0.0600. The van der Waals surface area contributed by atoms with Crippen LogP contribution in [0.25, 0.3) is 0 Å². The van der Waals surface area contributed by atoms with Crippen LogP contribution in [0, 0.1) is 0 Å². The lowest BCUT2D eigenvalue weighted by atomic mass is 10.2. The van der Waals surface area contributed by atoms with Crippen molar-refractivity contribution in [3.05, 3.63) is 0 Å². The van der Waals surface area contributed by atoms with Gasteiger partial charge < -0.3 is 9.90 Å². The number of rotatable bonds is 7. The smallest absolute Gasteiger partial charge is 0.137 e. The van der Waals surface area contributed by atoms with Crippen LogP contribution in [0.5, 0.6) is 0 Å². The highest BCUT2D eigenvalue weighted by Crippen LogP contribution is 2.19. The van der Waals surface area contributed by atoms with Gasteiger partial charge in [0.05, 0.1) is 6.04 Å². The normalized spacial score (nSPS) is 22.8. The van der Waals surface area contributed by atoms with E-state index in [2.05, 4.69) is 4.90 Å². The molecule has 1 fully saturated rings. The molecule has 0 aromatic heterocycles. The highest BCUT2D eigenvalue weighted by Gasteiger charge is 2.23. The lowest BCUT2D eigenvalue weighted by Crippen LogP contribution is -2.32. The van der Waals surface area contributed by atoms with Crippen molar-refractivity contribution in [1.29, 1.82) is 0 Å². The van der Waals surface area contributed by atoms with Crippen molar-refractivity contribution >= 4 is 18.0 Å². The SMILES string of the molecule is O=CC1CSCN1CCCCCCO. The van der Waals surface area contributed by atoms with Gasteiger partial charge in [-0.3, -0.25) is 4.90 Å². The van der Waals surface area contributed by atoms with Gasteiger partial charge in [0, 0.05) is 18.2 Å². The van der Waals surface area contributed by atoms with Gasteiger partial charge in [-0.1, -0.05) is 12.8 Å². The number of thioether (sulfide) groups is 1. The number of hydrogen-bond donors (Lipinski definition) is 1. The molecule has 14 heavy (non-hydrogen) atoms. The maximum absolute atomic E-state index is 10.7. The quantitative estimate of drug-likeness (QED) is 0.512. The number of aldehydes is 1. The van der Waals surface area contributed by atoms with E-state index in [9.17, 15) is 4.79 Å². The molecule has 1 atom stereocenters. The molecule has 0 spiro atoms. The van der Waals surface area contributed by atoms with E-state index in [1.807, 2.05) is 11.8 Å². The molecule has 1 unspecified atom stereocenters. The van der Waals surface area contributed by atoms with E-state index >= 15 is 0 Å². The van der Waals surface area contributed by atoms with Gasteiger partial charge >= 0.3 is 0 Å². The molecule has 1 aliphatic heterocycles. The number of aliphatic hydroxyl groups is 1. The van der Waals surface area contributed by atoms with Crippen molar-refractivity contribution in [3.63, 3.8) is 0 Å².